The predicted octanol–water partition coefficient (Wildman–Crippen LogP) is 3.41. The molecule has 1 aromatic carbocycles. The maximum absolute atomic E-state index is 12.8. The molecule has 1 N–H and O–H groups in total. The Balaban J connectivity index is 1.82. The van der Waals surface area contributed by atoms with Crippen molar-refractivity contribution in [2.75, 3.05) is 11.9 Å². The minimum absolute atomic E-state index is 0.0816. The zero-order valence-corrected chi connectivity index (χ0v) is 16.6. The van der Waals surface area contributed by atoms with Gasteiger partial charge in [0.15, 0.2) is 0 Å². The molecule has 1 saturated heterocycles. The van der Waals surface area contributed by atoms with Crippen LogP contribution in [-0.2, 0) is 14.8 Å². The van der Waals surface area contributed by atoms with Gasteiger partial charge in [0.05, 0.1) is 9.26 Å². The Hall–Kier alpha value is -2.01. The second kappa shape index (κ2) is 7.55. The summed E-state index contributed by atoms with van der Waals surface area (Å²) in [6, 6.07) is 6.38. The van der Waals surface area contributed by atoms with E-state index in [-0.39, 0.29) is 22.1 Å². The van der Waals surface area contributed by atoms with Gasteiger partial charge in [-0.2, -0.15) is 4.31 Å². The van der Waals surface area contributed by atoms with Gasteiger partial charge in [0, 0.05) is 23.9 Å². The maximum Gasteiger partial charge on any atom is 0.274 e. The monoisotopic (exact) mass is 429 g/mol. The first-order chi connectivity index (χ1) is 12.7. The number of nitro groups is 1. The molecule has 27 heavy (non-hydrogen) atoms. The topological polar surface area (TPSA) is 110 Å². The van der Waals surface area contributed by atoms with Crippen LogP contribution in [0.1, 0.15) is 18.4 Å². The molecule has 1 aliphatic rings. The van der Waals surface area contributed by atoms with E-state index in [4.69, 9.17) is 11.6 Å². The normalized spacial score (nSPS) is 17.8. The van der Waals surface area contributed by atoms with E-state index in [2.05, 4.69) is 5.32 Å². The van der Waals surface area contributed by atoms with Gasteiger partial charge < -0.3 is 5.32 Å². The van der Waals surface area contributed by atoms with Crippen molar-refractivity contribution < 1.29 is 18.1 Å². The van der Waals surface area contributed by atoms with Gasteiger partial charge >= 0.3 is 0 Å². The fourth-order valence-electron chi connectivity index (χ4n) is 2.95. The summed E-state index contributed by atoms with van der Waals surface area (Å²) in [4.78, 5) is 23.2. The minimum atomic E-state index is -3.83. The first-order valence-corrected chi connectivity index (χ1v) is 10.7. The molecule has 2 aromatic rings. The number of amides is 1. The van der Waals surface area contributed by atoms with Gasteiger partial charge in [0.2, 0.25) is 5.91 Å². The number of carbonyl (C=O) groups excluding carboxylic acids is 1. The lowest BCUT2D eigenvalue weighted by Gasteiger charge is -2.22. The summed E-state index contributed by atoms with van der Waals surface area (Å²) < 4.78 is 27.2. The van der Waals surface area contributed by atoms with Gasteiger partial charge in [0.25, 0.3) is 15.7 Å². The average Bonchev–Trinajstić information content (AvgIpc) is 3.25. The number of hydrogen-bond acceptors (Lipinski definition) is 6. The van der Waals surface area contributed by atoms with E-state index >= 15 is 0 Å². The van der Waals surface area contributed by atoms with Gasteiger partial charge in [-0.25, -0.2) is 8.42 Å². The molecule has 3 rings (SSSR count). The number of sulfonamides is 1. The summed E-state index contributed by atoms with van der Waals surface area (Å²) in [5, 5.41) is 13.6. The number of rotatable bonds is 5. The molecular formula is C16H16ClN3O5S2. The molecule has 0 bridgehead atoms. The molecule has 1 aromatic heterocycles. The summed E-state index contributed by atoms with van der Waals surface area (Å²) in [7, 11) is -3.83. The van der Waals surface area contributed by atoms with E-state index in [1.54, 1.807) is 13.0 Å². The number of anilines is 1. The highest BCUT2D eigenvalue weighted by Gasteiger charge is 2.40. The molecular weight excluding hydrogens is 414 g/mol. The molecule has 11 heteroatoms. The minimum Gasteiger partial charge on any atom is -0.324 e. The van der Waals surface area contributed by atoms with Crippen LogP contribution in [0.15, 0.2) is 34.5 Å². The van der Waals surface area contributed by atoms with Gasteiger partial charge in [-0.1, -0.05) is 17.7 Å². The highest BCUT2D eigenvalue weighted by atomic mass is 35.5. The van der Waals surface area contributed by atoms with Gasteiger partial charge in [-0.3, -0.25) is 14.9 Å². The average molecular weight is 430 g/mol. The standard InChI is InChI=1S/C16H16ClN3O5S2/c1-10-4-5-11(9-13(10)20(22)23)18-16(21)12-3-2-8-19(12)27(24,25)15-7-6-14(17)26-15/h4-7,9,12H,2-3,8H2,1H3,(H,18,21). The van der Waals surface area contributed by atoms with E-state index in [9.17, 15) is 23.3 Å². The Kier molecular flexibility index (Phi) is 5.52. The van der Waals surface area contributed by atoms with E-state index in [1.807, 2.05) is 0 Å². The zero-order chi connectivity index (χ0) is 19.8. The second-order valence-corrected chi connectivity index (χ2v) is 9.91. The number of halogens is 1. The summed E-state index contributed by atoms with van der Waals surface area (Å²) >= 11 is 6.77. The van der Waals surface area contributed by atoms with Crippen LogP contribution >= 0.6 is 22.9 Å². The fraction of sp³-hybridized carbons (Fsp3) is 0.312. The van der Waals surface area contributed by atoms with E-state index in [1.165, 1.54) is 24.3 Å². The lowest BCUT2D eigenvalue weighted by atomic mass is 10.1. The molecule has 8 nitrogen and oxygen atoms in total. The summed E-state index contributed by atoms with van der Waals surface area (Å²) in [6.45, 7) is 1.82. The van der Waals surface area contributed by atoms with Gasteiger partial charge in [0.1, 0.15) is 10.3 Å². The van der Waals surface area contributed by atoms with Crippen molar-refractivity contribution in [1.82, 2.24) is 4.31 Å². The van der Waals surface area contributed by atoms with Crippen molar-refractivity contribution in [2.24, 2.45) is 0 Å². The fourth-order valence-corrected chi connectivity index (χ4v) is 6.22. The molecule has 1 atom stereocenters. The Morgan fingerprint density at radius 3 is 2.74 bits per heavy atom. The summed E-state index contributed by atoms with van der Waals surface area (Å²) in [5.74, 6) is -0.517. The molecule has 0 aliphatic carbocycles. The predicted molar refractivity (Wildman–Crippen MR) is 103 cm³/mol. The Morgan fingerprint density at radius 1 is 1.37 bits per heavy atom. The number of nitrogens with one attached hydrogen (secondary N) is 1. The molecule has 2 heterocycles. The van der Waals surface area contributed by atoms with Crippen LogP contribution in [0.4, 0.5) is 11.4 Å². The number of nitro benzene ring substituents is 1. The molecule has 1 unspecified atom stereocenters. The van der Waals surface area contributed by atoms with E-state index in [0.29, 0.717) is 22.7 Å². The van der Waals surface area contributed by atoms with Crippen molar-refractivity contribution in [2.45, 2.75) is 30.0 Å². The SMILES string of the molecule is Cc1ccc(NC(=O)C2CCCN2S(=O)(=O)c2ccc(Cl)s2)cc1[N+](=O)[O-]. The second-order valence-electron chi connectivity index (χ2n) is 6.08. The van der Waals surface area contributed by atoms with Crippen molar-refractivity contribution >= 4 is 50.2 Å². The third kappa shape index (κ3) is 3.98. The third-order valence-electron chi connectivity index (χ3n) is 4.29. The van der Waals surface area contributed by atoms with Crippen LogP contribution in [0.3, 0.4) is 0 Å². The molecule has 1 amide bonds. The quantitative estimate of drug-likeness (QED) is 0.578. The van der Waals surface area contributed by atoms with Crippen molar-refractivity contribution in [3.63, 3.8) is 0 Å². The Morgan fingerprint density at radius 2 is 2.11 bits per heavy atom. The van der Waals surface area contributed by atoms with Crippen LogP contribution < -0.4 is 5.32 Å². The number of benzene rings is 1. The van der Waals surface area contributed by atoms with Crippen LogP contribution in [0.2, 0.25) is 4.34 Å². The van der Waals surface area contributed by atoms with Crippen molar-refractivity contribution in [3.05, 3.63) is 50.3 Å². The van der Waals surface area contributed by atoms with Gasteiger partial charge in [-0.05, 0) is 38.0 Å². The van der Waals surface area contributed by atoms with Gasteiger partial charge in [-0.15, -0.1) is 11.3 Å². The number of hydrogen-bond donors (Lipinski definition) is 1. The first-order valence-electron chi connectivity index (χ1n) is 8.03. The lowest BCUT2D eigenvalue weighted by Crippen LogP contribution is -2.42. The zero-order valence-electron chi connectivity index (χ0n) is 14.2. The summed E-state index contributed by atoms with van der Waals surface area (Å²) in [6.07, 6.45) is 0.919. The molecule has 144 valence electrons. The third-order valence-corrected chi connectivity index (χ3v) is 7.90. The van der Waals surface area contributed by atoms with Crippen LogP contribution in [0, 0.1) is 17.0 Å². The van der Waals surface area contributed by atoms with Crippen LogP contribution in [0.5, 0.6) is 0 Å². The molecule has 1 fully saturated rings. The van der Waals surface area contributed by atoms with E-state index < -0.39 is 26.9 Å². The van der Waals surface area contributed by atoms with Crippen LogP contribution in [-0.4, -0.2) is 36.1 Å². The summed E-state index contributed by atoms with van der Waals surface area (Å²) in [5.41, 5.74) is 0.607. The smallest absolute Gasteiger partial charge is 0.274 e. The number of carbonyl (C=O) groups is 1. The number of aryl methyl sites for hydroxylation is 1. The van der Waals surface area contributed by atoms with Crippen molar-refractivity contribution in [1.29, 1.82) is 0 Å². The van der Waals surface area contributed by atoms with Crippen molar-refractivity contribution in [3.8, 4) is 0 Å². The molecule has 0 radical (unpaired) electrons. The highest BCUT2D eigenvalue weighted by Crippen LogP contribution is 2.32. The first kappa shape index (κ1) is 19.7. The highest BCUT2D eigenvalue weighted by molar-refractivity contribution is 7.91. The number of nitrogens with zero attached hydrogens (tertiary/aromatic N) is 2. The molecule has 1 aliphatic heterocycles. The Labute approximate surface area is 165 Å². The Bertz CT molecular complexity index is 1010. The molecule has 0 spiro atoms. The maximum atomic E-state index is 12.8. The molecule has 0 saturated carbocycles. The lowest BCUT2D eigenvalue weighted by molar-refractivity contribution is -0.385. The van der Waals surface area contributed by atoms with Crippen LogP contribution in [0.25, 0.3) is 0 Å². The number of thiophene rings is 1. The largest absolute Gasteiger partial charge is 0.324 e. The van der Waals surface area contributed by atoms with E-state index in [0.717, 1.165) is 15.6 Å².